The molecule has 1 amide bonds. The number of rotatable bonds is 6. The molecule has 1 saturated heterocycles. The summed E-state index contributed by atoms with van der Waals surface area (Å²) in [5.74, 6) is 0.957. The second kappa shape index (κ2) is 6.88. The first kappa shape index (κ1) is 16.1. The van der Waals surface area contributed by atoms with Crippen LogP contribution in [0.25, 0.3) is 11.0 Å². The van der Waals surface area contributed by atoms with Gasteiger partial charge in [0, 0.05) is 42.6 Å². The van der Waals surface area contributed by atoms with Gasteiger partial charge in [0.05, 0.1) is 6.61 Å². The van der Waals surface area contributed by atoms with Crippen molar-refractivity contribution < 1.29 is 18.7 Å². The van der Waals surface area contributed by atoms with Crippen molar-refractivity contribution in [3.63, 3.8) is 0 Å². The maximum absolute atomic E-state index is 12.6. The summed E-state index contributed by atoms with van der Waals surface area (Å²) in [6.45, 7) is 2.27. The average molecular weight is 343 g/mol. The van der Waals surface area contributed by atoms with Gasteiger partial charge in [-0.15, -0.1) is 0 Å². The summed E-state index contributed by atoms with van der Waals surface area (Å²) >= 11 is 0. The molecule has 1 aromatic heterocycles. The van der Waals surface area contributed by atoms with Crippen LogP contribution in [0.15, 0.2) is 39.5 Å². The van der Waals surface area contributed by atoms with Crippen LogP contribution in [0.5, 0.6) is 5.75 Å². The second-order valence-corrected chi connectivity index (χ2v) is 6.75. The first-order chi connectivity index (χ1) is 12.2. The van der Waals surface area contributed by atoms with E-state index >= 15 is 0 Å². The van der Waals surface area contributed by atoms with Crippen molar-refractivity contribution >= 4 is 16.9 Å². The van der Waals surface area contributed by atoms with Crippen LogP contribution in [0.3, 0.4) is 0 Å². The van der Waals surface area contributed by atoms with E-state index in [1.54, 1.807) is 18.2 Å². The molecule has 1 saturated carbocycles. The fourth-order valence-corrected chi connectivity index (χ4v) is 3.20. The Hall–Kier alpha value is -2.34. The van der Waals surface area contributed by atoms with Crippen LogP contribution in [0.1, 0.15) is 19.3 Å². The molecule has 1 aliphatic heterocycles. The van der Waals surface area contributed by atoms with Gasteiger partial charge in [-0.3, -0.25) is 4.79 Å². The van der Waals surface area contributed by atoms with E-state index in [9.17, 15) is 9.59 Å². The van der Waals surface area contributed by atoms with Gasteiger partial charge in [-0.25, -0.2) is 4.79 Å². The third-order valence-electron chi connectivity index (χ3n) is 4.74. The Morgan fingerprint density at radius 3 is 2.80 bits per heavy atom. The molecular weight excluding hydrogens is 322 g/mol. The lowest BCUT2D eigenvalue weighted by Crippen LogP contribution is -2.40. The van der Waals surface area contributed by atoms with Crippen LogP contribution in [0.4, 0.5) is 0 Å². The van der Waals surface area contributed by atoms with E-state index in [0.29, 0.717) is 23.3 Å². The highest BCUT2D eigenvalue weighted by Gasteiger charge is 2.34. The average Bonchev–Trinajstić information content (AvgIpc) is 3.33. The zero-order chi connectivity index (χ0) is 17.2. The van der Waals surface area contributed by atoms with Crippen LogP contribution in [0.2, 0.25) is 0 Å². The number of carbonyl (C=O) groups excluding carboxylic acids is 1. The molecule has 0 bridgehead atoms. The molecule has 132 valence electrons. The Morgan fingerprint density at radius 1 is 1.20 bits per heavy atom. The van der Waals surface area contributed by atoms with Crippen molar-refractivity contribution in [3.8, 4) is 5.75 Å². The summed E-state index contributed by atoms with van der Waals surface area (Å²) in [6.07, 6.45) is 3.15. The highest BCUT2D eigenvalue weighted by Crippen LogP contribution is 2.29. The minimum atomic E-state index is -0.403. The fourth-order valence-electron chi connectivity index (χ4n) is 3.20. The van der Waals surface area contributed by atoms with Crippen molar-refractivity contribution in [2.75, 3.05) is 26.4 Å². The molecule has 1 unspecified atom stereocenters. The summed E-state index contributed by atoms with van der Waals surface area (Å²) in [7, 11) is 0. The lowest BCUT2D eigenvalue weighted by Gasteiger charge is -2.25. The number of hydrogen-bond acceptors (Lipinski definition) is 5. The van der Waals surface area contributed by atoms with E-state index in [0.717, 1.165) is 44.4 Å². The standard InChI is InChI=1S/C19H21NO5/c21-18(20(15-3-4-15)10-13-7-8-23-11-13)12-24-16-5-1-14-2-6-19(22)25-17(14)9-16/h1-2,5-6,9,13,15H,3-4,7-8,10-12H2. The highest BCUT2D eigenvalue weighted by atomic mass is 16.5. The predicted molar refractivity (Wildman–Crippen MR) is 91.6 cm³/mol. The van der Waals surface area contributed by atoms with Crippen LogP contribution in [0, 0.1) is 5.92 Å². The molecule has 1 aromatic carbocycles. The van der Waals surface area contributed by atoms with E-state index in [2.05, 4.69) is 0 Å². The van der Waals surface area contributed by atoms with Crippen LogP contribution >= 0.6 is 0 Å². The first-order valence-corrected chi connectivity index (χ1v) is 8.73. The molecule has 1 atom stereocenters. The second-order valence-electron chi connectivity index (χ2n) is 6.75. The minimum absolute atomic E-state index is 0.00371. The van der Waals surface area contributed by atoms with E-state index < -0.39 is 5.63 Å². The number of hydrogen-bond donors (Lipinski definition) is 0. The monoisotopic (exact) mass is 343 g/mol. The summed E-state index contributed by atoms with van der Waals surface area (Å²) in [6, 6.07) is 8.68. The van der Waals surface area contributed by atoms with E-state index in [-0.39, 0.29) is 12.5 Å². The third-order valence-corrected chi connectivity index (χ3v) is 4.74. The molecule has 0 N–H and O–H groups in total. The van der Waals surface area contributed by atoms with E-state index in [1.165, 1.54) is 6.07 Å². The van der Waals surface area contributed by atoms with Gasteiger partial charge in [0.1, 0.15) is 11.3 Å². The third kappa shape index (κ3) is 3.85. The lowest BCUT2D eigenvalue weighted by molar-refractivity contribution is -0.134. The maximum Gasteiger partial charge on any atom is 0.336 e. The van der Waals surface area contributed by atoms with Crippen molar-refractivity contribution in [2.24, 2.45) is 5.92 Å². The number of benzene rings is 1. The Bertz CT molecular complexity index is 820. The Kier molecular flexibility index (Phi) is 4.44. The SMILES string of the molecule is O=C(COc1ccc2ccc(=O)oc2c1)N(CC1CCOC1)C1CC1. The molecule has 25 heavy (non-hydrogen) atoms. The molecule has 0 radical (unpaired) electrons. The summed E-state index contributed by atoms with van der Waals surface area (Å²) in [4.78, 5) is 25.9. The summed E-state index contributed by atoms with van der Waals surface area (Å²) in [5.41, 5.74) is 0.0546. The molecule has 6 nitrogen and oxygen atoms in total. The molecule has 4 rings (SSSR count). The van der Waals surface area contributed by atoms with Gasteiger partial charge in [-0.2, -0.15) is 0 Å². The fraction of sp³-hybridized carbons (Fsp3) is 0.474. The molecular formula is C19H21NO5. The zero-order valence-electron chi connectivity index (χ0n) is 14.0. The molecule has 6 heteroatoms. The molecule has 0 spiro atoms. The molecule has 1 aliphatic carbocycles. The Labute approximate surface area is 145 Å². The van der Waals surface area contributed by atoms with Gasteiger partial charge in [-0.1, -0.05) is 0 Å². The number of fused-ring (bicyclic) bond motifs is 1. The van der Waals surface area contributed by atoms with E-state index in [1.807, 2.05) is 11.0 Å². The van der Waals surface area contributed by atoms with Crippen molar-refractivity contribution in [2.45, 2.75) is 25.3 Å². The highest BCUT2D eigenvalue weighted by molar-refractivity contribution is 5.80. The quantitative estimate of drug-likeness (QED) is 0.752. The van der Waals surface area contributed by atoms with Gasteiger partial charge in [-0.05, 0) is 37.5 Å². The minimum Gasteiger partial charge on any atom is -0.484 e. The maximum atomic E-state index is 12.6. The van der Waals surface area contributed by atoms with Crippen molar-refractivity contribution in [1.29, 1.82) is 0 Å². The number of carbonyl (C=O) groups is 1. The number of nitrogens with zero attached hydrogens (tertiary/aromatic N) is 1. The van der Waals surface area contributed by atoms with Crippen LogP contribution < -0.4 is 10.4 Å². The summed E-state index contributed by atoms with van der Waals surface area (Å²) < 4.78 is 16.2. The molecule has 2 fully saturated rings. The smallest absolute Gasteiger partial charge is 0.336 e. The van der Waals surface area contributed by atoms with E-state index in [4.69, 9.17) is 13.9 Å². The normalized spacial score (nSPS) is 19.9. The van der Waals surface area contributed by atoms with Gasteiger partial charge >= 0.3 is 5.63 Å². The Morgan fingerprint density at radius 2 is 2.04 bits per heavy atom. The summed E-state index contributed by atoms with van der Waals surface area (Å²) in [5, 5.41) is 0.819. The predicted octanol–water partition coefficient (Wildman–Crippen LogP) is 2.20. The molecule has 2 aromatic rings. The largest absolute Gasteiger partial charge is 0.484 e. The van der Waals surface area contributed by atoms with Crippen LogP contribution in [-0.2, 0) is 9.53 Å². The number of amides is 1. The van der Waals surface area contributed by atoms with Crippen molar-refractivity contribution in [3.05, 3.63) is 40.8 Å². The molecule has 2 aliphatic rings. The molecule has 2 heterocycles. The van der Waals surface area contributed by atoms with Gasteiger partial charge in [0.2, 0.25) is 0 Å². The van der Waals surface area contributed by atoms with Crippen molar-refractivity contribution in [1.82, 2.24) is 4.90 Å². The van der Waals surface area contributed by atoms with Gasteiger partial charge < -0.3 is 18.8 Å². The Balaban J connectivity index is 1.40. The van der Waals surface area contributed by atoms with Gasteiger partial charge in [0.15, 0.2) is 6.61 Å². The topological polar surface area (TPSA) is 69.0 Å². The van der Waals surface area contributed by atoms with Crippen LogP contribution in [-0.4, -0.2) is 43.2 Å². The zero-order valence-corrected chi connectivity index (χ0v) is 14.0. The van der Waals surface area contributed by atoms with Gasteiger partial charge in [0.25, 0.3) is 5.91 Å². The number of ether oxygens (including phenoxy) is 2. The lowest BCUT2D eigenvalue weighted by atomic mass is 10.1. The first-order valence-electron chi connectivity index (χ1n) is 8.73.